The third-order valence-electron chi connectivity index (χ3n) is 2.84. The fourth-order valence-electron chi connectivity index (χ4n) is 2.04. The maximum absolute atomic E-state index is 6.05. The van der Waals surface area contributed by atoms with E-state index in [-0.39, 0.29) is 0 Å². The Bertz CT molecular complexity index is 419. The van der Waals surface area contributed by atoms with Crippen LogP contribution in [0.15, 0.2) is 53.6 Å². The molecule has 1 aliphatic heterocycles. The first-order valence-electron chi connectivity index (χ1n) is 5.36. The van der Waals surface area contributed by atoms with Gasteiger partial charge in [0.2, 0.25) is 0 Å². The van der Waals surface area contributed by atoms with Crippen molar-refractivity contribution in [2.75, 3.05) is 0 Å². The van der Waals surface area contributed by atoms with Crippen molar-refractivity contribution in [2.24, 2.45) is 0 Å². The van der Waals surface area contributed by atoms with E-state index in [0.717, 1.165) is 6.42 Å². The van der Waals surface area contributed by atoms with Crippen molar-refractivity contribution in [2.45, 2.75) is 19.3 Å². The Labute approximate surface area is 91.3 Å². The van der Waals surface area contributed by atoms with Gasteiger partial charge < -0.3 is 4.52 Å². The van der Waals surface area contributed by atoms with Crippen LogP contribution < -0.4 is 5.30 Å². The number of benzene rings is 1. The molecule has 0 aromatic heterocycles. The molecular formula is C13H13OP. The van der Waals surface area contributed by atoms with E-state index in [4.69, 9.17) is 4.52 Å². The molecule has 1 aromatic carbocycles. The highest BCUT2D eigenvalue weighted by Gasteiger charge is 2.22. The van der Waals surface area contributed by atoms with Crippen LogP contribution >= 0.6 is 8.15 Å². The highest BCUT2D eigenvalue weighted by molar-refractivity contribution is 7.64. The van der Waals surface area contributed by atoms with Crippen LogP contribution in [0.2, 0.25) is 0 Å². The van der Waals surface area contributed by atoms with Crippen LogP contribution in [0.5, 0.6) is 0 Å². The van der Waals surface area contributed by atoms with Gasteiger partial charge in [-0.3, -0.25) is 0 Å². The van der Waals surface area contributed by atoms with Crippen molar-refractivity contribution in [3.63, 3.8) is 0 Å². The van der Waals surface area contributed by atoms with Crippen molar-refractivity contribution in [3.8, 4) is 0 Å². The van der Waals surface area contributed by atoms with E-state index in [1.54, 1.807) is 0 Å². The van der Waals surface area contributed by atoms with Crippen molar-refractivity contribution in [3.05, 3.63) is 53.6 Å². The standard InChI is InChI=1S/C13H13OP/c1-2-6-12(7-3-1)15-10-9-11-5-4-8-13(11)14-15/h1-3,6-7,9-10H,4-5,8H2. The molecule has 0 saturated carbocycles. The second-order valence-corrected chi connectivity index (χ2v) is 5.52. The SMILES string of the molecule is C1=CP(c2ccccc2)OC2=C1CCC2. The molecule has 2 aliphatic rings. The summed E-state index contributed by atoms with van der Waals surface area (Å²) in [7, 11) is -0.537. The first-order valence-corrected chi connectivity index (χ1v) is 6.69. The Morgan fingerprint density at radius 3 is 2.80 bits per heavy atom. The molecule has 0 saturated heterocycles. The van der Waals surface area contributed by atoms with E-state index in [2.05, 4.69) is 36.2 Å². The first-order chi connectivity index (χ1) is 7.43. The minimum atomic E-state index is -0.537. The van der Waals surface area contributed by atoms with Crippen LogP contribution in [0.1, 0.15) is 19.3 Å². The maximum atomic E-state index is 6.05. The molecule has 0 spiro atoms. The summed E-state index contributed by atoms with van der Waals surface area (Å²) in [5.74, 6) is 3.47. The molecule has 0 N–H and O–H groups in total. The average molecular weight is 216 g/mol. The Hall–Kier alpha value is -1.07. The van der Waals surface area contributed by atoms with Gasteiger partial charge in [0.05, 0.1) is 0 Å². The number of rotatable bonds is 1. The minimum absolute atomic E-state index is 0.537. The predicted molar refractivity (Wildman–Crippen MR) is 64.1 cm³/mol. The van der Waals surface area contributed by atoms with Gasteiger partial charge in [-0.05, 0) is 24.2 Å². The lowest BCUT2D eigenvalue weighted by molar-refractivity contribution is 0.460. The summed E-state index contributed by atoms with van der Waals surface area (Å²) in [4.78, 5) is 0. The average Bonchev–Trinajstić information content (AvgIpc) is 2.77. The highest BCUT2D eigenvalue weighted by Crippen LogP contribution is 2.48. The van der Waals surface area contributed by atoms with Gasteiger partial charge in [0.25, 0.3) is 0 Å². The van der Waals surface area contributed by atoms with Gasteiger partial charge in [0.15, 0.2) is 0 Å². The molecule has 2 heteroatoms. The van der Waals surface area contributed by atoms with Crippen molar-refractivity contribution < 1.29 is 4.52 Å². The summed E-state index contributed by atoms with van der Waals surface area (Å²) >= 11 is 0. The fraction of sp³-hybridized carbons (Fsp3) is 0.231. The minimum Gasteiger partial charge on any atom is -0.469 e. The molecule has 76 valence electrons. The lowest BCUT2D eigenvalue weighted by atomic mass is 10.2. The molecule has 1 aliphatic carbocycles. The summed E-state index contributed by atoms with van der Waals surface area (Å²) < 4.78 is 6.05. The quantitative estimate of drug-likeness (QED) is 0.650. The van der Waals surface area contributed by atoms with Gasteiger partial charge in [0.1, 0.15) is 13.9 Å². The van der Waals surface area contributed by atoms with E-state index in [1.807, 2.05) is 6.07 Å². The van der Waals surface area contributed by atoms with Crippen LogP contribution in [0.4, 0.5) is 0 Å². The van der Waals surface area contributed by atoms with Crippen LogP contribution in [0, 0.1) is 0 Å². The van der Waals surface area contributed by atoms with Crippen LogP contribution in [0.3, 0.4) is 0 Å². The molecule has 3 rings (SSSR count). The normalized spacial score (nSPS) is 23.9. The molecule has 0 fully saturated rings. The van der Waals surface area contributed by atoms with E-state index in [0.29, 0.717) is 0 Å². The zero-order valence-corrected chi connectivity index (χ0v) is 9.41. The Morgan fingerprint density at radius 1 is 1.07 bits per heavy atom. The summed E-state index contributed by atoms with van der Waals surface area (Å²) in [6, 6.07) is 10.5. The van der Waals surface area contributed by atoms with Crippen molar-refractivity contribution in [1.82, 2.24) is 0 Å². The monoisotopic (exact) mass is 216 g/mol. The number of hydrogen-bond donors (Lipinski definition) is 0. The van der Waals surface area contributed by atoms with Gasteiger partial charge in [-0.2, -0.15) is 0 Å². The smallest absolute Gasteiger partial charge is 0.142 e. The third-order valence-corrected chi connectivity index (χ3v) is 4.48. The van der Waals surface area contributed by atoms with Crippen LogP contribution in [-0.2, 0) is 4.52 Å². The second kappa shape index (κ2) is 3.83. The van der Waals surface area contributed by atoms with E-state index < -0.39 is 8.15 Å². The molecule has 1 aromatic rings. The topological polar surface area (TPSA) is 9.23 Å². The molecule has 15 heavy (non-hydrogen) atoms. The molecule has 0 amide bonds. The predicted octanol–water partition coefficient (Wildman–Crippen LogP) is 3.69. The van der Waals surface area contributed by atoms with Gasteiger partial charge >= 0.3 is 0 Å². The Kier molecular flexibility index (Phi) is 2.34. The third kappa shape index (κ3) is 1.72. The molecule has 1 heterocycles. The van der Waals surface area contributed by atoms with E-state index in [1.165, 1.54) is 29.5 Å². The van der Waals surface area contributed by atoms with Crippen molar-refractivity contribution >= 4 is 13.5 Å². The van der Waals surface area contributed by atoms with Gasteiger partial charge in [-0.15, -0.1) is 0 Å². The zero-order valence-electron chi connectivity index (χ0n) is 8.52. The number of hydrogen-bond acceptors (Lipinski definition) is 1. The molecule has 0 radical (unpaired) electrons. The lowest BCUT2D eigenvalue weighted by Crippen LogP contribution is -2.03. The van der Waals surface area contributed by atoms with Gasteiger partial charge in [-0.1, -0.05) is 36.4 Å². The molecule has 1 atom stereocenters. The molecule has 1 nitrogen and oxygen atoms in total. The fourth-order valence-corrected chi connectivity index (χ4v) is 3.61. The van der Waals surface area contributed by atoms with E-state index in [9.17, 15) is 0 Å². The molecule has 1 unspecified atom stereocenters. The molecular weight excluding hydrogens is 203 g/mol. The molecule has 0 bridgehead atoms. The van der Waals surface area contributed by atoms with Gasteiger partial charge in [-0.25, -0.2) is 0 Å². The second-order valence-electron chi connectivity index (χ2n) is 3.87. The summed E-state index contributed by atoms with van der Waals surface area (Å²) in [6.07, 6.45) is 5.85. The van der Waals surface area contributed by atoms with Crippen LogP contribution in [-0.4, -0.2) is 0 Å². The maximum Gasteiger partial charge on any atom is 0.142 e. The summed E-state index contributed by atoms with van der Waals surface area (Å²) in [6.45, 7) is 0. The first kappa shape index (κ1) is 9.18. The number of allylic oxidation sites excluding steroid dienone is 3. The summed E-state index contributed by atoms with van der Waals surface area (Å²) in [5, 5.41) is 1.31. The summed E-state index contributed by atoms with van der Waals surface area (Å²) in [5.41, 5.74) is 1.42. The largest absolute Gasteiger partial charge is 0.469 e. The van der Waals surface area contributed by atoms with Crippen LogP contribution in [0.25, 0.3) is 0 Å². The van der Waals surface area contributed by atoms with E-state index >= 15 is 0 Å². The highest BCUT2D eigenvalue weighted by atomic mass is 31.1. The Balaban J connectivity index is 1.85. The lowest BCUT2D eigenvalue weighted by Gasteiger charge is -2.20. The Morgan fingerprint density at radius 2 is 1.93 bits per heavy atom. The zero-order chi connectivity index (χ0) is 10.1. The van der Waals surface area contributed by atoms with Crippen molar-refractivity contribution in [1.29, 1.82) is 0 Å². The van der Waals surface area contributed by atoms with Gasteiger partial charge in [0, 0.05) is 11.7 Å².